The number of phenols is 1. The predicted molar refractivity (Wildman–Crippen MR) is 94.3 cm³/mol. The number of anilines is 1. The molecule has 1 aliphatic heterocycles. The number of benzene rings is 2. The first-order valence-corrected chi connectivity index (χ1v) is 8.11. The summed E-state index contributed by atoms with van der Waals surface area (Å²) < 4.78 is 10.3. The molecule has 8 heteroatoms. The van der Waals surface area contributed by atoms with E-state index in [1.54, 1.807) is 30.3 Å². The van der Waals surface area contributed by atoms with Gasteiger partial charge in [0.1, 0.15) is 5.75 Å². The van der Waals surface area contributed by atoms with Crippen LogP contribution in [0.25, 0.3) is 0 Å². The number of methoxy groups -OCH3 is 1. The van der Waals surface area contributed by atoms with Gasteiger partial charge in [-0.25, -0.2) is 4.79 Å². The first-order valence-electron chi connectivity index (χ1n) is 7.74. The summed E-state index contributed by atoms with van der Waals surface area (Å²) in [6, 6.07) is 8.24. The lowest BCUT2D eigenvalue weighted by atomic mass is 9.84. The van der Waals surface area contributed by atoms with Crippen LogP contribution in [0.2, 0.25) is 5.02 Å². The number of hydrogen-bond acceptors (Lipinski definition) is 5. The van der Waals surface area contributed by atoms with E-state index >= 15 is 0 Å². The number of halogens is 1. The number of ether oxygens (including phenoxy) is 2. The molecule has 0 fully saturated rings. The Labute approximate surface area is 154 Å². The molecule has 0 aliphatic carbocycles. The van der Waals surface area contributed by atoms with Crippen molar-refractivity contribution in [1.82, 2.24) is 0 Å². The molecule has 2 aromatic rings. The van der Waals surface area contributed by atoms with Crippen LogP contribution in [0.4, 0.5) is 5.69 Å². The van der Waals surface area contributed by atoms with E-state index < -0.39 is 12.6 Å². The number of carbonyl (C=O) groups is 2. The first kappa shape index (κ1) is 17.9. The smallest absolute Gasteiger partial charge is 0.341 e. The van der Waals surface area contributed by atoms with Crippen molar-refractivity contribution in [2.45, 2.75) is 12.3 Å². The third kappa shape index (κ3) is 3.52. The van der Waals surface area contributed by atoms with Crippen LogP contribution in [-0.2, 0) is 9.59 Å². The standard InChI is InChI=1S/C18H16ClNO6/c1-25-15-5-9(4-13(19)18(15)24)12-7-16(21)20-14-6-10(2-3-11(12)14)26-8-17(22)23/h2-6,12,24H,7-8H2,1H3,(H,20,21)(H,22,23)/t12-/m0/s1. The van der Waals surface area contributed by atoms with E-state index in [9.17, 15) is 14.7 Å². The molecule has 0 spiro atoms. The summed E-state index contributed by atoms with van der Waals surface area (Å²) in [5, 5.41) is 21.5. The molecule has 3 N–H and O–H groups in total. The highest BCUT2D eigenvalue weighted by Gasteiger charge is 2.28. The molecule has 0 radical (unpaired) electrons. The Morgan fingerprint density at radius 1 is 1.35 bits per heavy atom. The van der Waals surface area contributed by atoms with Crippen molar-refractivity contribution in [1.29, 1.82) is 0 Å². The van der Waals surface area contributed by atoms with Crippen molar-refractivity contribution in [2.75, 3.05) is 19.0 Å². The Hall–Kier alpha value is -2.93. The normalized spacial score (nSPS) is 15.8. The summed E-state index contributed by atoms with van der Waals surface area (Å²) in [6.07, 6.45) is 0.201. The molecule has 0 saturated carbocycles. The summed E-state index contributed by atoms with van der Waals surface area (Å²) in [7, 11) is 1.42. The molecule has 1 aliphatic rings. The Balaban J connectivity index is 2.00. The van der Waals surface area contributed by atoms with Gasteiger partial charge in [-0.05, 0) is 29.3 Å². The maximum atomic E-state index is 12.1. The molecule has 136 valence electrons. The Bertz CT molecular complexity index is 882. The molecule has 26 heavy (non-hydrogen) atoms. The van der Waals surface area contributed by atoms with Gasteiger partial charge in [0.05, 0.1) is 12.1 Å². The second kappa shape index (κ2) is 7.13. The van der Waals surface area contributed by atoms with Crippen molar-refractivity contribution < 1.29 is 29.3 Å². The van der Waals surface area contributed by atoms with E-state index in [4.69, 9.17) is 26.2 Å². The quantitative estimate of drug-likeness (QED) is 0.739. The van der Waals surface area contributed by atoms with Crippen molar-refractivity contribution in [3.05, 3.63) is 46.5 Å². The topological polar surface area (TPSA) is 105 Å². The van der Waals surface area contributed by atoms with Gasteiger partial charge in [0, 0.05) is 24.1 Å². The lowest BCUT2D eigenvalue weighted by Crippen LogP contribution is -2.23. The molecular formula is C18H16ClNO6. The minimum atomic E-state index is -1.09. The maximum Gasteiger partial charge on any atom is 0.341 e. The number of carboxylic acid groups (broad SMARTS) is 1. The SMILES string of the molecule is COc1cc([C@@H]2CC(=O)Nc3cc(OCC(=O)O)ccc32)cc(Cl)c1O. The van der Waals surface area contributed by atoms with E-state index in [2.05, 4.69) is 5.32 Å². The Morgan fingerprint density at radius 3 is 2.81 bits per heavy atom. The highest BCUT2D eigenvalue weighted by Crippen LogP contribution is 2.43. The largest absolute Gasteiger partial charge is 0.503 e. The predicted octanol–water partition coefficient (Wildman–Crippen LogP) is 2.99. The van der Waals surface area contributed by atoms with Crippen LogP contribution in [0.3, 0.4) is 0 Å². The summed E-state index contributed by atoms with van der Waals surface area (Å²) in [5.74, 6) is -1.17. The average Bonchev–Trinajstić information content (AvgIpc) is 2.61. The van der Waals surface area contributed by atoms with Crippen molar-refractivity contribution in [3.8, 4) is 17.2 Å². The van der Waals surface area contributed by atoms with Gasteiger partial charge >= 0.3 is 5.97 Å². The zero-order valence-electron chi connectivity index (χ0n) is 13.8. The number of fused-ring (bicyclic) bond motifs is 1. The number of carbonyl (C=O) groups excluding carboxylic acids is 1. The number of amides is 1. The molecule has 0 saturated heterocycles. The van der Waals surface area contributed by atoms with Gasteiger partial charge in [-0.15, -0.1) is 0 Å². The first-order chi connectivity index (χ1) is 12.4. The van der Waals surface area contributed by atoms with Gasteiger partial charge in [-0.3, -0.25) is 4.79 Å². The molecule has 2 aromatic carbocycles. The lowest BCUT2D eigenvalue weighted by molar-refractivity contribution is -0.139. The van der Waals surface area contributed by atoms with Crippen LogP contribution < -0.4 is 14.8 Å². The van der Waals surface area contributed by atoms with Crippen LogP contribution in [0.5, 0.6) is 17.2 Å². The second-order valence-corrected chi connectivity index (χ2v) is 6.20. The molecule has 1 atom stereocenters. The van der Waals surface area contributed by atoms with Crippen molar-refractivity contribution in [2.24, 2.45) is 0 Å². The third-order valence-corrected chi connectivity index (χ3v) is 4.39. The van der Waals surface area contributed by atoms with Crippen molar-refractivity contribution >= 4 is 29.2 Å². The number of rotatable bonds is 5. The van der Waals surface area contributed by atoms with E-state index in [-0.39, 0.29) is 34.8 Å². The van der Waals surface area contributed by atoms with Crippen LogP contribution in [0.1, 0.15) is 23.5 Å². The Morgan fingerprint density at radius 2 is 2.12 bits per heavy atom. The fraction of sp³-hybridized carbons (Fsp3) is 0.222. The number of phenolic OH excluding ortho intramolecular Hbond substituents is 1. The van der Waals surface area contributed by atoms with Gasteiger partial charge in [0.2, 0.25) is 5.91 Å². The second-order valence-electron chi connectivity index (χ2n) is 5.79. The minimum absolute atomic E-state index is 0.133. The summed E-state index contributed by atoms with van der Waals surface area (Å²) >= 11 is 6.07. The number of hydrogen-bond donors (Lipinski definition) is 3. The van der Waals surface area contributed by atoms with E-state index in [1.807, 2.05) is 0 Å². The number of nitrogens with one attached hydrogen (secondary N) is 1. The summed E-state index contributed by atoms with van der Waals surface area (Å²) in [4.78, 5) is 22.8. The van der Waals surface area contributed by atoms with Gasteiger partial charge in [-0.1, -0.05) is 17.7 Å². The molecule has 7 nitrogen and oxygen atoms in total. The average molecular weight is 378 g/mol. The van der Waals surface area contributed by atoms with Crippen LogP contribution in [0.15, 0.2) is 30.3 Å². The monoisotopic (exact) mass is 377 g/mol. The third-order valence-electron chi connectivity index (χ3n) is 4.10. The molecule has 0 aromatic heterocycles. The van der Waals surface area contributed by atoms with Crippen molar-refractivity contribution in [3.63, 3.8) is 0 Å². The van der Waals surface area contributed by atoms with E-state index in [1.165, 1.54) is 7.11 Å². The number of aliphatic carboxylic acids is 1. The van der Waals surface area contributed by atoms with Gasteiger partial charge in [-0.2, -0.15) is 0 Å². The molecular weight excluding hydrogens is 362 g/mol. The molecule has 3 rings (SSSR count). The highest BCUT2D eigenvalue weighted by atomic mass is 35.5. The molecule has 0 unspecified atom stereocenters. The fourth-order valence-corrected chi connectivity index (χ4v) is 3.15. The molecule has 0 bridgehead atoms. The van der Waals surface area contributed by atoms with Gasteiger partial charge < -0.3 is 25.0 Å². The number of aromatic hydroxyl groups is 1. The van der Waals surface area contributed by atoms with Crippen LogP contribution in [-0.4, -0.2) is 35.8 Å². The zero-order valence-corrected chi connectivity index (χ0v) is 14.5. The molecule has 1 heterocycles. The fourth-order valence-electron chi connectivity index (χ4n) is 2.93. The van der Waals surface area contributed by atoms with Crippen LogP contribution >= 0.6 is 11.6 Å². The summed E-state index contributed by atoms with van der Waals surface area (Å²) in [5.41, 5.74) is 2.09. The highest BCUT2D eigenvalue weighted by molar-refractivity contribution is 6.32. The lowest BCUT2D eigenvalue weighted by Gasteiger charge is -2.27. The molecule has 1 amide bonds. The summed E-state index contributed by atoms with van der Waals surface area (Å²) in [6.45, 7) is -0.471. The minimum Gasteiger partial charge on any atom is -0.503 e. The van der Waals surface area contributed by atoms with Crippen LogP contribution in [0, 0.1) is 0 Å². The van der Waals surface area contributed by atoms with E-state index in [0.717, 1.165) is 11.1 Å². The maximum absolute atomic E-state index is 12.1. The van der Waals surface area contributed by atoms with E-state index in [0.29, 0.717) is 11.4 Å². The van der Waals surface area contributed by atoms with Gasteiger partial charge in [0.15, 0.2) is 18.1 Å². The van der Waals surface area contributed by atoms with Gasteiger partial charge in [0.25, 0.3) is 0 Å². The zero-order chi connectivity index (χ0) is 18.8. The number of carboxylic acids is 1. The Kier molecular flexibility index (Phi) is 4.90.